The van der Waals surface area contributed by atoms with Crippen LogP contribution in [-0.2, 0) is 76.5 Å². The third kappa shape index (κ3) is 27.8. The number of carboxylic acid groups (broad SMARTS) is 1. The summed E-state index contributed by atoms with van der Waals surface area (Å²) in [5.74, 6) is -4.50. The second-order valence-electron chi connectivity index (χ2n) is 22.3. The van der Waals surface area contributed by atoms with Gasteiger partial charge < -0.3 is 34.1 Å². The monoisotopic (exact) mass is 1160 g/mol. The number of ketones is 1. The van der Waals surface area contributed by atoms with Crippen LogP contribution in [0.4, 0.5) is 44.7 Å². The van der Waals surface area contributed by atoms with Crippen LogP contribution in [0, 0.1) is 5.92 Å². The fraction of sp³-hybridized carbons (Fsp3) is 0.492. The number of aliphatic carboxylic acids is 1. The molecule has 0 heterocycles. The third-order valence-electron chi connectivity index (χ3n) is 11.3. The quantitative estimate of drug-likeness (QED) is 0.0485. The van der Waals surface area contributed by atoms with Crippen LogP contribution in [0.3, 0.4) is 0 Å². The molecule has 4 aromatic carbocycles. The Morgan fingerprint density at radius 1 is 0.506 bits per heavy atom. The van der Waals surface area contributed by atoms with Gasteiger partial charge in [0, 0.05) is 42.7 Å². The van der Waals surface area contributed by atoms with Crippen molar-refractivity contribution in [3.63, 3.8) is 0 Å². The molecule has 2 amide bonds. The van der Waals surface area contributed by atoms with E-state index in [1.54, 1.807) is 96.1 Å². The molecule has 0 aliphatic carbocycles. The van der Waals surface area contributed by atoms with E-state index in [0.29, 0.717) is 16.7 Å². The number of benzene rings is 4. The third-order valence-corrected chi connectivity index (χ3v) is 11.3. The molecule has 14 nitrogen and oxygen atoms in total. The SMILES string of the molecule is CN(C(=O)OC(C)(C)C)[C@@H](CC(C)(C)F)C(=O)C[C@H](Cc1ccc(C(F)(F)F)cc1)C(=O)OCc1ccccc1.CN(C(=O)OC(C)(C)C)[C@@H](CC(C)(C)F)C(=O)O.O=C(OCc1ccccc1)[C@H](O)Cc1ccc(C(F)(F)F)cc1.[2H][2H]. The highest BCUT2D eigenvalue weighted by Crippen LogP contribution is 2.32. The van der Waals surface area contributed by atoms with Gasteiger partial charge in [-0.3, -0.25) is 14.5 Å². The summed E-state index contributed by atoms with van der Waals surface area (Å²) in [7, 11) is 2.61. The summed E-state index contributed by atoms with van der Waals surface area (Å²) in [6.07, 6.45) is -13.2. The second kappa shape index (κ2) is 30.1. The van der Waals surface area contributed by atoms with Crippen molar-refractivity contribution < 1.29 is 96.0 Å². The lowest BCUT2D eigenvalue weighted by Crippen LogP contribution is -2.48. The number of esters is 2. The number of nitrogens with zero attached hydrogens (tertiary/aromatic N) is 2. The predicted octanol–water partition coefficient (Wildman–Crippen LogP) is 13.0. The molecule has 4 rings (SSSR count). The van der Waals surface area contributed by atoms with Crippen molar-refractivity contribution in [1.82, 2.24) is 9.80 Å². The lowest BCUT2D eigenvalue weighted by Gasteiger charge is -2.32. The first kappa shape index (κ1) is 68.2. The van der Waals surface area contributed by atoms with Gasteiger partial charge >= 0.3 is 42.4 Å². The number of alkyl halides is 8. The Bertz CT molecular complexity index is 2640. The summed E-state index contributed by atoms with van der Waals surface area (Å²) >= 11 is 0. The van der Waals surface area contributed by atoms with E-state index in [1.165, 1.54) is 66.1 Å². The molecule has 0 spiro atoms. The minimum atomic E-state index is -4.53. The lowest BCUT2D eigenvalue weighted by atomic mass is 9.88. The van der Waals surface area contributed by atoms with Crippen LogP contribution in [0.1, 0.15) is 125 Å². The van der Waals surface area contributed by atoms with E-state index in [-0.39, 0.29) is 38.9 Å². The molecule has 0 radical (unpaired) electrons. The van der Waals surface area contributed by atoms with Crippen molar-refractivity contribution >= 4 is 35.9 Å². The van der Waals surface area contributed by atoms with Gasteiger partial charge in [-0.2, -0.15) is 26.3 Å². The Morgan fingerprint density at radius 3 is 1.20 bits per heavy atom. The van der Waals surface area contributed by atoms with Crippen molar-refractivity contribution in [1.29, 1.82) is 0 Å². The molecule has 0 aliphatic rings. The summed E-state index contributed by atoms with van der Waals surface area (Å²) in [5, 5.41) is 18.8. The number of carbonyl (C=O) groups is 6. The number of aliphatic hydroxyl groups excluding tert-OH is 1. The van der Waals surface area contributed by atoms with Crippen LogP contribution in [-0.4, -0.2) is 111 Å². The van der Waals surface area contributed by atoms with Gasteiger partial charge in [0.1, 0.15) is 41.8 Å². The average molecular weight is 1160 g/mol. The summed E-state index contributed by atoms with van der Waals surface area (Å²) in [6.45, 7) is 15.0. The molecule has 0 fully saturated rings. The number of carboxylic acids is 1. The van der Waals surface area contributed by atoms with Crippen molar-refractivity contribution in [3.8, 4) is 0 Å². The van der Waals surface area contributed by atoms with Crippen LogP contribution in [0.2, 0.25) is 0 Å². The van der Waals surface area contributed by atoms with Gasteiger partial charge in [-0.05, 0) is 122 Å². The Labute approximate surface area is 470 Å². The van der Waals surface area contributed by atoms with E-state index in [0.717, 1.165) is 39.6 Å². The molecular weight excluding hydrogens is 1080 g/mol. The van der Waals surface area contributed by atoms with Crippen molar-refractivity contribution in [2.45, 2.75) is 168 Å². The number of likely N-dealkylation sites (N-methyl/N-ethyl adjacent to an activating group) is 2. The molecule has 22 heteroatoms. The Balaban J connectivity index is 0.000000675. The standard InChI is InChI=1S/C30H37F4NO5.C17H15F3O3.C12H22FNO4.H2/c1-28(2,3)40-27(38)35(6)24(18-29(4,5)31)25(36)17-22(26(37)39-19-21-10-8-7-9-11-21)16-20-12-14-23(15-13-20)30(32,33)34;18-17(19,20)14-8-6-12(7-9-14)10-15(21)16(22)23-11-13-4-2-1-3-5-13;1-11(2,3)18-10(17)14(6)8(9(15)16)7-12(4,5)13;/h7-15,22,24H,16-19H2,1-6H3;1-9,15,21H,10-11H2;8H,7H2,1-6H3,(H,15,16);1H/t22-,24-;15-;8-;/m010./s1/i;;;1+1D. The number of halogens is 8. The topological polar surface area (TPSA) is 186 Å². The fourth-order valence-corrected chi connectivity index (χ4v) is 7.24. The number of hydrogen-bond donors (Lipinski definition) is 2. The van der Waals surface area contributed by atoms with E-state index < -0.39 is 112 Å². The van der Waals surface area contributed by atoms with Gasteiger partial charge in [0.15, 0.2) is 11.9 Å². The molecule has 2 N–H and O–H groups in total. The van der Waals surface area contributed by atoms with E-state index >= 15 is 0 Å². The molecule has 450 valence electrons. The number of carbonyl (C=O) groups excluding carboxylic acids is 5. The van der Waals surface area contributed by atoms with Crippen molar-refractivity contribution in [2.24, 2.45) is 5.92 Å². The number of rotatable bonds is 20. The maximum atomic E-state index is 14.7. The van der Waals surface area contributed by atoms with Gasteiger partial charge in [0.2, 0.25) is 0 Å². The van der Waals surface area contributed by atoms with Gasteiger partial charge in [-0.1, -0.05) is 84.9 Å². The minimum Gasteiger partial charge on any atom is -0.480 e. The minimum absolute atomic E-state index is 0.0315. The first-order chi connectivity index (χ1) is 38.0. The summed E-state index contributed by atoms with van der Waals surface area (Å²) in [5.41, 5.74) is -4.45. The van der Waals surface area contributed by atoms with Gasteiger partial charge in [-0.25, -0.2) is 28.0 Å². The normalized spacial score (nSPS) is 13.6. The first-order valence-electron chi connectivity index (χ1n) is 26.5. The predicted molar refractivity (Wildman–Crippen MR) is 287 cm³/mol. The number of ether oxygens (including phenoxy) is 4. The first-order valence-corrected chi connectivity index (χ1v) is 25.5. The molecular formula is C59H76F8N2O12. The Kier molecular flexibility index (Phi) is 25.3. The lowest BCUT2D eigenvalue weighted by molar-refractivity contribution is -0.155. The molecule has 0 aliphatic heterocycles. The molecule has 0 unspecified atom stereocenters. The molecule has 0 aromatic heterocycles. The van der Waals surface area contributed by atoms with E-state index in [4.69, 9.17) is 27.0 Å². The highest BCUT2D eigenvalue weighted by Gasteiger charge is 2.39. The zero-order valence-corrected chi connectivity index (χ0v) is 47.5. The van der Waals surface area contributed by atoms with Crippen LogP contribution in [0.25, 0.3) is 0 Å². The van der Waals surface area contributed by atoms with Crippen LogP contribution in [0.5, 0.6) is 0 Å². The molecule has 0 bridgehead atoms. The highest BCUT2D eigenvalue weighted by molar-refractivity contribution is 5.90. The van der Waals surface area contributed by atoms with Crippen LogP contribution in [0.15, 0.2) is 109 Å². The van der Waals surface area contributed by atoms with Gasteiger partial charge in [-0.15, -0.1) is 0 Å². The summed E-state index contributed by atoms with van der Waals surface area (Å²) in [4.78, 5) is 75.8. The zero-order chi connectivity index (χ0) is 63.9. The summed E-state index contributed by atoms with van der Waals surface area (Å²) < 4.78 is 135. The van der Waals surface area contributed by atoms with Gasteiger partial charge in [0.25, 0.3) is 0 Å². The van der Waals surface area contributed by atoms with E-state index in [2.05, 4.69) is 0 Å². The molecule has 4 atom stereocenters. The van der Waals surface area contributed by atoms with Gasteiger partial charge in [0.05, 0.1) is 23.1 Å². The second-order valence-corrected chi connectivity index (χ2v) is 22.3. The maximum absolute atomic E-state index is 14.7. The van der Waals surface area contributed by atoms with E-state index in [1.807, 2.05) is 6.07 Å². The number of aliphatic hydroxyl groups is 1. The van der Waals surface area contributed by atoms with Crippen LogP contribution >= 0.6 is 0 Å². The largest absolute Gasteiger partial charge is 0.480 e. The van der Waals surface area contributed by atoms with Crippen LogP contribution < -0.4 is 0 Å². The van der Waals surface area contributed by atoms with E-state index in [9.17, 15) is 69.0 Å². The van der Waals surface area contributed by atoms with Crippen molar-refractivity contribution in [2.75, 3.05) is 14.1 Å². The molecule has 4 aromatic rings. The fourth-order valence-electron chi connectivity index (χ4n) is 7.24. The maximum Gasteiger partial charge on any atom is 0.416 e. The molecule has 0 saturated carbocycles. The smallest absolute Gasteiger partial charge is 0.416 e. The Hall–Kier alpha value is -7.10. The zero-order valence-electron chi connectivity index (χ0n) is 49.5. The Morgan fingerprint density at radius 2 is 0.852 bits per heavy atom. The van der Waals surface area contributed by atoms with Crippen molar-refractivity contribution in [3.05, 3.63) is 143 Å². The summed E-state index contributed by atoms with van der Waals surface area (Å²) in [6, 6.07) is 23.8. The number of amides is 2. The molecule has 0 saturated heterocycles. The number of Topliss-reactive ketones (excluding diaryl/α,β-unsaturated/α-hetero) is 1. The molecule has 81 heavy (non-hydrogen) atoms. The average Bonchev–Trinajstić information content (AvgIpc) is 3.45. The highest BCUT2D eigenvalue weighted by atomic mass is 19.4. The number of hydrogen-bond acceptors (Lipinski definition) is 11.